The second-order valence-corrected chi connectivity index (χ2v) is 5.36. The molecule has 0 radical (unpaired) electrons. The fourth-order valence-corrected chi connectivity index (χ4v) is 2.25. The van der Waals surface area contributed by atoms with Crippen molar-refractivity contribution in [2.45, 2.75) is 6.16 Å². The number of hydrogen-bond acceptors (Lipinski definition) is 4. The van der Waals surface area contributed by atoms with E-state index >= 15 is 0 Å². The van der Waals surface area contributed by atoms with Gasteiger partial charge in [0, 0.05) is 5.56 Å². The topological polar surface area (TPSA) is 93.1 Å². The van der Waals surface area contributed by atoms with Crippen LogP contribution in [0.25, 0.3) is 5.76 Å². The zero-order valence-electron chi connectivity index (χ0n) is 10.6. The second kappa shape index (κ2) is 6.52. The van der Waals surface area contributed by atoms with Crippen molar-refractivity contribution < 1.29 is 28.6 Å². The molecule has 0 atom stereocenters. The molecule has 0 unspecified atom stereocenters. The molecule has 1 aromatic rings. The maximum absolute atomic E-state index is 11.2. The number of esters is 1. The largest absolute Gasteiger partial charge is 0.496 e. The van der Waals surface area contributed by atoms with Gasteiger partial charge in [-0.15, -0.1) is 0 Å². The van der Waals surface area contributed by atoms with Crippen molar-refractivity contribution >= 4 is 19.3 Å². The molecule has 104 valence electrons. The van der Waals surface area contributed by atoms with Crippen molar-refractivity contribution in [3.05, 3.63) is 41.5 Å². The lowest BCUT2D eigenvalue weighted by Crippen LogP contribution is -2.01. The average molecular weight is 286 g/mol. The normalized spacial score (nSPS) is 12.1. The summed E-state index contributed by atoms with van der Waals surface area (Å²) >= 11 is 0. The highest BCUT2D eigenvalue weighted by molar-refractivity contribution is 7.50. The fourth-order valence-electron chi connectivity index (χ4n) is 1.53. The molecule has 7 heteroatoms. The van der Waals surface area contributed by atoms with Crippen LogP contribution in [0, 0.1) is 0 Å². The number of hydrogen-bond donors (Lipinski definition) is 2. The summed E-state index contributed by atoms with van der Waals surface area (Å²) in [7, 11) is -1.61. The van der Waals surface area contributed by atoms with Gasteiger partial charge in [-0.25, -0.2) is 4.79 Å². The monoisotopic (exact) mass is 286 g/mol. The van der Waals surface area contributed by atoms with Gasteiger partial charge in [0.2, 0.25) is 0 Å². The molecule has 0 spiro atoms. The number of carbonyl (C=O) groups is 1. The maximum atomic E-state index is 11.2. The Balaban J connectivity index is 3.21. The molecule has 1 rings (SSSR count). The molecule has 6 nitrogen and oxygen atoms in total. The van der Waals surface area contributed by atoms with E-state index in [2.05, 4.69) is 4.74 Å². The first-order chi connectivity index (χ1) is 8.87. The van der Waals surface area contributed by atoms with E-state index in [1.807, 2.05) is 0 Å². The smallest absolute Gasteiger partial charge is 0.334 e. The molecule has 2 N–H and O–H groups in total. The Kier molecular flexibility index (Phi) is 5.30. The van der Waals surface area contributed by atoms with Crippen LogP contribution in [0.3, 0.4) is 0 Å². The summed E-state index contributed by atoms with van der Waals surface area (Å²) in [6, 6.07) is 6.52. The molecule has 0 aliphatic rings. The van der Waals surface area contributed by atoms with E-state index in [-0.39, 0.29) is 5.76 Å². The predicted octanol–water partition coefficient (Wildman–Crippen LogP) is 1.52. The predicted molar refractivity (Wildman–Crippen MR) is 69.2 cm³/mol. The zero-order valence-corrected chi connectivity index (χ0v) is 11.5. The average Bonchev–Trinajstić information content (AvgIpc) is 2.34. The van der Waals surface area contributed by atoms with E-state index in [4.69, 9.17) is 14.5 Å². The Hall–Kier alpha value is -1.62. The highest BCUT2D eigenvalue weighted by Crippen LogP contribution is 2.40. The number of rotatable bonds is 5. The van der Waals surface area contributed by atoms with Crippen LogP contribution >= 0.6 is 7.60 Å². The van der Waals surface area contributed by atoms with Gasteiger partial charge in [-0.1, -0.05) is 24.3 Å². The van der Waals surface area contributed by atoms with Crippen LogP contribution in [0.2, 0.25) is 0 Å². The Morgan fingerprint density at radius 1 is 1.26 bits per heavy atom. The van der Waals surface area contributed by atoms with Crippen molar-refractivity contribution in [2.75, 3.05) is 14.2 Å². The van der Waals surface area contributed by atoms with Crippen molar-refractivity contribution in [1.82, 2.24) is 0 Å². The molecule has 1 aromatic carbocycles. The summed E-state index contributed by atoms with van der Waals surface area (Å²) < 4.78 is 20.7. The maximum Gasteiger partial charge on any atom is 0.334 e. The third-order valence-corrected chi connectivity index (χ3v) is 3.08. The highest BCUT2D eigenvalue weighted by Gasteiger charge is 2.18. The first-order valence-corrected chi connectivity index (χ1v) is 7.13. The van der Waals surface area contributed by atoms with Crippen molar-refractivity contribution in [3.63, 3.8) is 0 Å². The minimum absolute atomic E-state index is 0.191. The summed E-state index contributed by atoms with van der Waals surface area (Å²) in [5.41, 5.74) is 0.839. The Labute approximate surface area is 110 Å². The van der Waals surface area contributed by atoms with Gasteiger partial charge < -0.3 is 19.3 Å². The van der Waals surface area contributed by atoms with E-state index < -0.39 is 19.7 Å². The Morgan fingerprint density at radius 3 is 2.42 bits per heavy atom. The van der Waals surface area contributed by atoms with Crippen LogP contribution in [-0.2, 0) is 25.0 Å². The van der Waals surface area contributed by atoms with Gasteiger partial charge in [0.25, 0.3) is 0 Å². The van der Waals surface area contributed by atoms with Crippen LogP contribution in [0.5, 0.6) is 0 Å². The molecule has 0 fully saturated rings. The van der Waals surface area contributed by atoms with E-state index in [9.17, 15) is 9.36 Å². The summed E-state index contributed by atoms with van der Waals surface area (Å²) in [6.07, 6.45) is 0.698. The lowest BCUT2D eigenvalue weighted by molar-refractivity contribution is -0.134. The van der Waals surface area contributed by atoms with Crippen LogP contribution in [0.4, 0.5) is 0 Å². The fraction of sp³-hybridized carbons (Fsp3) is 0.250. The van der Waals surface area contributed by atoms with Gasteiger partial charge in [-0.3, -0.25) is 4.57 Å². The summed E-state index contributed by atoms with van der Waals surface area (Å²) in [5, 5.41) is 0. The van der Waals surface area contributed by atoms with Crippen molar-refractivity contribution in [3.8, 4) is 0 Å². The van der Waals surface area contributed by atoms with Crippen LogP contribution in [0.15, 0.2) is 30.3 Å². The molecule has 0 saturated carbocycles. The molecular weight excluding hydrogens is 271 g/mol. The SMILES string of the molecule is COC(=O)/C=C(\OC)c1ccccc1CP(=O)(O)O. The second-order valence-electron chi connectivity index (χ2n) is 3.72. The third kappa shape index (κ3) is 4.87. The minimum Gasteiger partial charge on any atom is -0.496 e. The van der Waals surface area contributed by atoms with Crippen LogP contribution in [0.1, 0.15) is 11.1 Å². The van der Waals surface area contributed by atoms with E-state index in [0.29, 0.717) is 11.1 Å². The zero-order chi connectivity index (χ0) is 14.5. The van der Waals surface area contributed by atoms with E-state index in [1.165, 1.54) is 14.2 Å². The number of benzene rings is 1. The number of methoxy groups -OCH3 is 2. The van der Waals surface area contributed by atoms with Gasteiger partial charge >= 0.3 is 13.6 Å². The summed E-state index contributed by atoms with van der Waals surface area (Å²) in [6.45, 7) is 0. The molecule has 0 bridgehead atoms. The van der Waals surface area contributed by atoms with E-state index in [0.717, 1.165) is 6.08 Å². The lowest BCUT2D eigenvalue weighted by atomic mass is 10.1. The summed E-state index contributed by atoms with van der Waals surface area (Å²) in [4.78, 5) is 29.3. The minimum atomic E-state index is -4.20. The molecule has 0 heterocycles. The highest BCUT2D eigenvalue weighted by atomic mass is 31.2. The van der Waals surface area contributed by atoms with Gasteiger partial charge in [-0.05, 0) is 5.56 Å². The molecule has 0 amide bonds. The molecule has 0 saturated heterocycles. The first-order valence-electron chi connectivity index (χ1n) is 5.34. The van der Waals surface area contributed by atoms with Crippen LogP contribution < -0.4 is 0 Å². The van der Waals surface area contributed by atoms with Gasteiger partial charge in [0.1, 0.15) is 5.76 Å². The molecule has 0 aromatic heterocycles. The van der Waals surface area contributed by atoms with Crippen molar-refractivity contribution in [2.24, 2.45) is 0 Å². The lowest BCUT2D eigenvalue weighted by Gasteiger charge is -2.12. The Bertz CT molecular complexity index is 531. The molecule has 19 heavy (non-hydrogen) atoms. The third-order valence-electron chi connectivity index (χ3n) is 2.33. The van der Waals surface area contributed by atoms with Gasteiger partial charge in [0.05, 0.1) is 26.5 Å². The molecular formula is C12H15O6P. The molecule has 0 aliphatic carbocycles. The first kappa shape index (κ1) is 15.4. The number of carbonyl (C=O) groups excluding carboxylic acids is 1. The number of ether oxygens (including phenoxy) is 2. The Morgan fingerprint density at radius 2 is 1.89 bits per heavy atom. The van der Waals surface area contributed by atoms with Crippen LogP contribution in [-0.4, -0.2) is 30.0 Å². The molecule has 0 aliphatic heterocycles. The standard InChI is InChI=1S/C12H15O6P/c1-17-11(7-12(13)18-2)10-6-4-3-5-9(10)8-19(14,15)16/h3-7H,8H2,1-2H3,(H2,14,15,16)/b11-7-. The van der Waals surface area contributed by atoms with Gasteiger partial charge in [-0.2, -0.15) is 0 Å². The summed E-state index contributed by atoms with van der Waals surface area (Å²) in [5.74, 6) is -0.418. The van der Waals surface area contributed by atoms with E-state index in [1.54, 1.807) is 24.3 Å². The quantitative estimate of drug-likeness (QED) is 0.369. The van der Waals surface area contributed by atoms with Crippen molar-refractivity contribution in [1.29, 1.82) is 0 Å². The van der Waals surface area contributed by atoms with Gasteiger partial charge in [0.15, 0.2) is 0 Å².